The van der Waals surface area contributed by atoms with Gasteiger partial charge in [0, 0.05) is 3.57 Å². The minimum absolute atomic E-state index is 0.174. The molecule has 0 heterocycles. The molecule has 0 aliphatic heterocycles. The lowest BCUT2D eigenvalue weighted by atomic mass is 10.2. The molecule has 1 amide bonds. The Hall–Kier alpha value is -1.55. The monoisotopic (exact) mass is 327 g/mol. The molecule has 1 aromatic carbocycles. The highest BCUT2D eigenvalue weighted by Gasteiger charge is 2.01. The molecule has 4 nitrogen and oxygen atoms in total. The molecule has 2 N–H and O–H groups in total. The van der Waals surface area contributed by atoms with Crippen LogP contribution in [-0.2, 0) is 4.79 Å². The van der Waals surface area contributed by atoms with Crippen LogP contribution in [0.1, 0.15) is 12.0 Å². The number of halogens is 1. The molecule has 5 heteroatoms. The van der Waals surface area contributed by atoms with Crippen molar-refractivity contribution in [1.82, 2.24) is 10.9 Å². The number of hydrogen-bond acceptors (Lipinski definition) is 3. The summed E-state index contributed by atoms with van der Waals surface area (Å²) in [6.07, 6.45) is -0.174. The molecule has 16 heavy (non-hydrogen) atoms. The molecule has 0 aromatic heterocycles. The Kier molecular flexibility index (Phi) is 4.79. The Labute approximate surface area is 107 Å². The second kappa shape index (κ2) is 6.12. The smallest absolute Gasteiger partial charge is 0.252 e. The van der Waals surface area contributed by atoms with Gasteiger partial charge in [0.1, 0.15) is 6.42 Å². The summed E-state index contributed by atoms with van der Waals surface area (Å²) < 4.78 is 1.08. The lowest BCUT2D eigenvalue weighted by Gasteiger charge is -2.10. The zero-order valence-corrected chi connectivity index (χ0v) is 10.6. The number of nitrogens with zero attached hydrogens (tertiary/aromatic N) is 1. The fraction of sp³-hybridized carbons (Fsp3) is 0.0909. The normalized spacial score (nSPS) is 9.00. The van der Waals surface area contributed by atoms with E-state index in [0.29, 0.717) is 5.70 Å². The summed E-state index contributed by atoms with van der Waals surface area (Å²) in [5.41, 5.74) is 6.53. The minimum Gasteiger partial charge on any atom is -0.299 e. The number of benzene rings is 1. The summed E-state index contributed by atoms with van der Waals surface area (Å²) in [5, 5.41) is 8.29. The highest BCUT2D eigenvalue weighted by molar-refractivity contribution is 14.1. The van der Waals surface area contributed by atoms with Crippen molar-refractivity contribution >= 4 is 34.2 Å². The van der Waals surface area contributed by atoms with E-state index in [1.807, 2.05) is 24.3 Å². The Morgan fingerprint density at radius 2 is 2.25 bits per heavy atom. The molecule has 0 aliphatic carbocycles. The summed E-state index contributed by atoms with van der Waals surface area (Å²) in [4.78, 5) is 11.0. The maximum absolute atomic E-state index is 11.0. The number of amides is 1. The first kappa shape index (κ1) is 12.5. The Morgan fingerprint density at radius 1 is 1.50 bits per heavy atom. The van der Waals surface area contributed by atoms with Crippen LogP contribution in [0.3, 0.4) is 0 Å². The molecule has 0 fully saturated rings. The van der Waals surface area contributed by atoms with Gasteiger partial charge in [0.25, 0.3) is 5.91 Å². The van der Waals surface area contributed by atoms with Crippen molar-refractivity contribution in [3.05, 3.63) is 40.0 Å². The van der Waals surface area contributed by atoms with Crippen LogP contribution in [-0.4, -0.2) is 5.91 Å². The van der Waals surface area contributed by atoms with Crippen LogP contribution < -0.4 is 10.9 Å². The van der Waals surface area contributed by atoms with Crippen molar-refractivity contribution in [3.8, 4) is 6.07 Å². The fourth-order valence-corrected chi connectivity index (χ4v) is 1.55. The topological polar surface area (TPSA) is 64.9 Å². The van der Waals surface area contributed by atoms with Crippen LogP contribution in [0.15, 0.2) is 30.8 Å². The molecule has 0 saturated carbocycles. The molecular formula is C11H10IN3O. The number of rotatable bonds is 4. The molecular weight excluding hydrogens is 317 g/mol. The van der Waals surface area contributed by atoms with Crippen molar-refractivity contribution in [3.63, 3.8) is 0 Å². The predicted molar refractivity (Wildman–Crippen MR) is 69.7 cm³/mol. The first-order chi connectivity index (χ1) is 7.63. The van der Waals surface area contributed by atoms with Gasteiger partial charge >= 0.3 is 0 Å². The maximum atomic E-state index is 11.0. The number of nitriles is 1. The van der Waals surface area contributed by atoms with Gasteiger partial charge in [-0.25, -0.2) is 0 Å². The van der Waals surface area contributed by atoms with Crippen LogP contribution in [0.2, 0.25) is 0 Å². The number of hydrogen-bond donors (Lipinski definition) is 2. The van der Waals surface area contributed by atoms with Crippen molar-refractivity contribution in [2.75, 3.05) is 0 Å². The zero-order chi connectivity index (χ0) is 12.0. The highest BCUT2D eigenvalue weighted by Crippen LogP contribution is 2.12. The van der Waals surface area contributed by atoms with E-state index in [0.717, 1.165) is 9.13 Å². The third-order valence-corrected chi connectivity index (χ3v) is 2.44. The van der Waals surface area contributed by atoms with E-state index >= 15 is 0 Å². The van der Waals surface area contributed by atoms with Crippen LogP contribution in [0.4, 0.5) is 0 Å². The summed E-state index contributed by atoms with van der Waals surface area (Å²) in [6, 6.07) is 9.44. The number of hydrazine groups is 1. The van der Waals surface area contributed by atoms with Crippen molar-refractivity contribution in [2.45, 2.75) is 6.42 Å². The molecule has 0 radical (unpaired) electrons. The van der Waals surface area contributed by atoms with Gasteiger partial charge in [0.05, 0.1) is 11.8 Å². The van der Waals surface area contributed by atoms with Crippen LogP contribution in [0.25, 0.3) is 5.70 Å². The van der Waals surface area contributed by atoms with E-state index in [2.05, 4.69) is 40.0 Å². The zero-order valence-electron chi connectivity index (χ0n) is 8.46. The average molecular weight is 327 g/mol. The molecule has 82 valence electrons. The predicted octanol–water partition coefficient (Wildman–Crippen LogP) is 1.80. The van der Waals surface area contributed by atoms with Crippen molar-refractivity contribution in [1.29, 1.82) is 5.26 Å². The number of carbonyl (C=O) groups excluding carboxylic acids is 1. The van der Waals surface area contributed by atoms with Gasteiger partial charge in [-0.2, -0.15) is 5.26 Å². The fourth-order valence-electron chi connectivity index (χ4n) is 1.01. The summed E-state index contributed by atoms with van der Waals surface area (Å²) in [7, 11) is 0. The summed E-state index contributed by atoms with van der Waals surface area (Å²) >= 11 is 2.19. The Morgan fingerprint density at radius 3 is 2.88 bits per heavy atom. The van der Waals surface area contributed by atoms with Gasteiger partial charge in [-0.15, -0.1) is 0 Å². The van der Waals surface area contributed by atoms with E-state index in [1.165, 1.54) is 0 Å². The molecule has 0 bridgehead atoms. The molecule has 0 spiro atoms. The maximum Gasteiger partial charge on any atom is 0.252 e. The Balaban J connectivity index is 2.54. The van der Waals surface area contributed by atoms with Gasteiger partial charge in [-0.1, -0.05) is 18.7 Å². The lowest BCUT2D eigenvalue weighted by Crippen LogP contribution is -2.35. The van der Waals surface area contributed by atoms with Gasteiger partial charge < -0.3 is 0 Å². The van der Waals surface area contributed by atoms with E-state index in [9.17, 15) is 4.79 Å². The average Bonchev–Trinajstić information content (AvgIpc) is 2.26. The molecule has 0 aliphatic rings. The molecule has 0 unspecified atom stereocenters. The third-order valence-electron chi connectivity index (χ3n) is 1.77. The second-order valence-corrected chi connectivity index (χ2v) is 4.24. The van der Waals surface area contributed by atoms with E-state index in [1.54, 1.807) is 6.07 Å². The minimum atomic E-state index is -0.380. The Bertz CT molecular complexity index is 451. The van der Waals surface area contributed by atoms with Crippen LogP contribution in [0, 0.1) is 14.9 Å². The molecule has 0 saturated heterocycles. The van der Waals surface area contributed by atoms with Crippen LogP contribution in [0.5, 0.6) is 0 Å². The highest BCUT2D eigenvalue weighted by atomic mass is 127. The lowest BCUT2D eigenvalue weighted by molar-refractivity contribution is -0.120. The quantitative estimate of drug-likeness (QED) is 0.655. The SMILES string of the molecule is C=C(NNC(=O)CC#N)c1cccc(I)c1. The van der Waals surface area contributed by atoms with E-state index in [-0.39, 0.29) is 12.3 Å². The first-order valence-electron chi connectivity index (χ1n) is 4.50. The van der Waals surface area contributed by atoms with Gasteiger partial charge in [-0.05, 0) is 40.3 Å². The van der Waals surface area contributed by atoms with Crippen LogP contribution >= 0.6 is 22.6 Å². The third kappa shape index (κ3) is 3.90. The first-order valence-corrected chi connectivity index (χ1v) is 5.58. The van der Waals surface area contributed by atoms with Gasteiger partial charge in [0.15, 0.2) is 0 Å². The van der Waals surface area contributed by atoms with E-state index < -0.39 is 0 Å². The second-order valence-electron chi connectivity index (χ2n) is 3.00. The summed E-state index contributed by atoms with van der Waals surface area (Å²) in [5.74, 6) is -0.380. The number of carbonyl (C=O) groups is 1. The van der Waals surface area contributed by atoms with E-state index in [4.69, 9.17) is 5.26 Å². The van der Waals surface area contributed by atoms with Gasteiger partial charge in [-0.3, -0.25) is 15.6 Å². The standard InChI is InChI=1S/C11H10IN3O/c1-8(14-15-11(16)5-6-13)9-3-2-4-10(12)7-9/h2-4,7,14H,1,5H2,(H,15,16). The molecule has 0 atom stereocenters. The van der Waals surface area contributed by atoms with Gasteiger partial charge in [0.2, 0.25) is 0 Å². The van der Waals surface area contributed by atoms with Crippen molar-refractivity contribution < 1.29 is 4.79 Å². The molecule has 1 aromatic rings. The largest absolute Gasteiger partial charge is 0.299 e. The molecule has 1 rings (SSSR count). The van der Waals surface area contributed by atoms with Crippen molar-refractivity contribution in [2.24, 2.45) is 0 Å². The summed E-state index contributed by atoms with van der Waals surface area (Å²) in [6.45, 7) is 3.79. The number of nitrogens with one attached hydrogen (secondary N) is 2.